The van der Waals surface area contributed by atoms with E-state index in [1.807, 2.05) is 0 Å². The molecule has 110 heavy (non-hydrogen) atoms. The molecule has 0 amide bonds. The van der Waals surface area contributed by atoms with Gasteiger partial charge in [0.2, 0.25) is 0 Å². The van der Waals surface area contributed by atoms with Gasteiger partial charge in [-0.15, -0.1) is 0 Å². The van der Waals surface area contributed by atoms with Gasteiger partial charge in [-0.3, -0.25) is 0 Å². The maximum absolute atomic E-state index is 0. The second-order valence-corrected chi connectivity index (χ2v) is 0. The molecule has 0 unspecified atom stereocenters. The number of rotatable bonds is 0. The molecule has 0 aromatic rings. The van der Waals surface area contributed by atoms with Gasteiger partial charge in [-0.05, 0) is 0 Å². The van der Waals surface area contributed by atoms with Crippen molar-refractivity contribution < 1.29 is 1260 Å². The van der Waals surface area contributed by atoms with Crippen LogP contribution in [-0.2, 0) is 1260 Å². The van der Waals surface area contributed by atoms with E-state index < -0.39 is 0 Å². The second kappa shape index (κ2) is 3430. The number of hydrogen-bond acceptors (Lipinski definition) is 0. The van der Waals surface area contributed by atoms with E-state index in [1.54, 1.807) is 0 Å². The third kappa shape index (κ3) is 3360. The van der Waals surface area contributed by atoms with Crippen molar-refractivity contribution in [3.05, 3.63) is 0 Å². The van der Waals surface area contributed by atoms with Crippen LogP contribution in [0.2, 0.25) is 0 Å². The van der Waals surface area contributed by atoms with Crippen molar-refractivity contribution in [3.63, 3.8) is 0 Å². The quantitative estimate of drug-likeness (QED) is 0.218. The van der Waals surface area contributed by atoms with Gasteiger partial charge >= 0.3 is 928 Å². The van der Waals surface area contributed by atoms with E-state index in [-0.39, 0.29) is 1260 Å². The van der Waals surface area contributed by atoms with Crippen LogP contribution in [0.1, 0.15) is 0 Å². The monoisotopic (exact) mass is 3510 g/mol. The fraction of sp³-hybridized carbons (Fsp3) is 0. The summed E-state index contributed by atoms with van der Waals surface area (Å²) in [6, 6.07) is 0. The van der Waals surface area contributed by atoms with Crippen LogP contribution in [0.25, 0.3) is 0 Å². The van der Waals surface area contributed by atoms with Crippen LogP contribution < -0.4 is 0 Å². The second-order valence-electron chi connectivity index (χ2n) is 0. The molecule has 0 fully saturated rings. The molecule has 0 aliphatic rings. The summed E-state index contributed by atoms with van der Waals surface area (Å²) in [4.78, 5) is 0. The van der Waals surface area contributed by atoms with E-state index in [2.05, 4.69) is 0 Å². The zero-order valence-corrected chi connectivity index (χ0v) is 117. The van der Waals surface area contributed by atoms with Gasteiger partial charge in [0.25, 0.3) is 0 Å². The Morgan fingerprint density at radius 3 is 0.0182 bits per heavy atom. The molecule has 480 valence electrons. The van der Waals surface area contributed by atoms with Gasteiger partial charge in [-0.25, -0.2) is 0 Å². The van der Waals surface area contributed by atoms with E-state index in [0.29, 0.717) is 0 Å². The summed E-state index contributed by atoms with van der Waals surface area (Å²) in [5.74, 6) is 0. The Bertz CT molecular complexity index is 109. The summed E-state index contributed by atoms with van der Waals surface area (Å²) >= 11 is 0. The minimum atomic E-state index is 0. The summed E-state index contributed by atoms with van der Waals surface area (Å²) in [5, 5.41) is 0. The molecular weight excluding hydrogens is 3510 g/mol. The molecule has 0 aliphatic heterocycles. The molecule has 0 radical (unpaired) electrons. The molecular formula is O60V50+130. The maximum atomic E-state index is 0. The maximum Gasteiger partial charge on any atom is 5.00 e. The summed E-state index contributed by atoms with van der Waals surface area (Å²) in [7, 11) is 0. The third-order valence-corrected chi connectivity index (χ3v) is 0. The summed E-state index contributed by atoms with van der Waals surface area (Å²) in [6.07, 6.45) is 0. The zero-order valence-electron chi connectivity index (χ0n) is 46.9. The molecule has 0 saturated heterocycles. The van der Waals surface area contributed by atoms with Crippen molar-refractivity contribution in [3.8, 4) is 0 Å². The van der Waals surface area contributed by atoms with E-state index in [1.165, 1.54) is 0 Å². The van der Waals surface area contributed by atoms with Crippen LogP contribution in [0.3, 0.4) is 0 Å². The molecule has 60 nitrogen and oxygen atoms in total. The smallest absolute Gasteiger partial charge is 2.00 e. The van der Waals surface area contributed by atoms with Gasteiger partial charge in [-0.1, -0.05) is 0 Å². The van der Waals surface area contributed by atoms with E-state index in [9.17, 15) is 0 Å². The molecule has 0 aromatic carbocycles. The standard InChI is InChI=1S/60O.50V/q60*-2;50*+5. The van der Waals surface area contributed by atoms with Crippen LogP contribution in [0.4, 0.5) is 0 Å². The molecule has 0 saturated carbocycles. The van der Waals surface area contributed by atoms with Crippen LogP contribution in [-0.4, -0.2) is 0 Å². The van der Waals surface area contributed by atoms with Crippen molar-refractivity contribution >= 4 is 0 Å². The third-order valence-electron chi connectivity index (χ3n) is 0. The van der Waals surface area contributed by atoms with Crippen LogP contribution in [0, 0.1) is 0 Å². The van der Waals surface area contributed by atoms with E-state index in [4.69, 9.17) is 0 Å². The Balaban J connectivity index is 0. The Morgan fingerprint density at radius 2 is 0.0182 bits per heavy atom. The van der Waals surface area contributed by atoms with Gasteiger partial charge in [0.15, 0.2) is 0 Å². The first-order valence-corrected chi connectivity index (χ1v) is 0. The fourth-order valence-corrected chi connectivity index (χ4v) is 0. The van der Waals surface area contributed by atoms with Gasteiger partial charge < -0.3 is 329 Å². The van der Waals surface area contributed by atoms with E-state index in [0.717, 1.165) is 0 Å². The topological polar surface area (TPSA) is 1710 Å². The van der Waals surface area contributed by atoms with Crippen LogP contribution in [0.5, 0.6) is 0 Å². The Morgan fingerprint density at radius 1 is 0.0182 bits per heavy atom. The molecule has 0 aliphatic carbocycles. The first-order chi connectivity index (χ1) is 0. The Kier molecular flexibility index (Phi) is 109000. The zero-order chi connectivity index (χ0) is 0. The van der Waals surface area contributed by atoms with Crippen molar-refractivity contribution in [2.24, 2.45) is 0 Å². The summed E-state index contributed by atoms with van der Waals surface area (Å²) in [5.41, 5.74) is 0. The largest absolute Gasteiger partial charge is 5.00 e. The van der Waals surface area contributed by atoms with Crippen molar-refractivity contribution in [2.45, 2.75) is 0 Å². The molecule has 0 heterocycles. The van der Waals surface area contributed by atoms with Gasteiger partial charge in [-0.2, -0.15) is 0 Å². The van der Waals surface area contributed by atoms with Crippen LogP contribution in [0.15, 0.2) is 0 Å². The molecule has 0 spiro atoms. The normalized spacial score (nSPS) is 0. The SMILES string of the molecule is [O-2].[O-2].[O-2].[O-2].[O-2].[O-2].[O-2].[O-2].[O-2].[O-2].[O-2].[O-2].[O-2].[O-2].[O-2].[O-2].[O-2].[O-2].[O-2].[O-2].[O-2].[O-2].[O-2].[O-2].[O-2].[O-2].[O-2].[O-2].[O-2].[O-2].[O-2].[O-2].[O-2].[O-2].[O-2].[O-2].[O-2].[O-2].[O-2].[O-2].[O-2].[O-2].[O-2].[O-2].[O-2].[O-2].[O-2].[O-2].[O-2].[O-2].[O-2].[O-2].[O-2].[O-2].[O-2].[O-2].[O-2].[O-2].[O-2].[O-2].[V+5].[V+5].[V+5].[V+5].[V+5].[V+5].[V+5].[V+5].[V+5].[V+5].[V+5].[V+5].[V+5].[V+5].[V+5].[V+5].[V+5].[V+5].[V+5].[V+5].[V+5].[V+5].[V+5].[V+5].[V+5].[V+5].[V+5].[V+5].[V+5].[V+5].[V+5].[V+5].[V+5].[V+5].[V+5].[V+5].[V+5].[V+5].[V+5].[V+5].[V+5].[V+5].[V+5].[V+5].[V+5].[V+5].[V+5].[V+5].[V+5].[V+5]. The average Bonchev–Trinajstić information content (AvgIpc) is 0. The number of hydrogen-bond donors (Lipinski definition) is 0. The van der Waals surface area contributed by atoms with Crippen LogP contribution >= 0.6 is 0 Å². The minimum absolute atomic E-state index is 0. The molecule has 0 aromatic heterocycles. The van der Waals surface area contributed by atoms with Gasteiger partial charge in [0.1, 0.15) is 0 Å². The first-order valence-electron chi connectivity index (χ1n) is 0. The van der Waals surface area contributed by atoms with E-state index >= 15 is 0 Å². The summed E-state index contributed by atoms with van der Waals surface area (Å²) < 4.78 is 0. The predicted molar refractivity (Wildman–Crippen MR) is 41.2 cm³/mol. The molecule has 0 atom stereocenters. The minimum Gasteiger partial charge on any atom is -2.00 e. The first kappa shape index (κ1) is 3510. The van der Waals surface area contributed by atoms with Gasteiger partial charge in [0.05, 0.1) is 0 Å². The predicted octanol–water partition coefficient (Wildman–Crippen LogP) is -7.25. The molecule has 0 N–H and O–H groups in total. The van der Waals surface area contributed by atoms with Crippen molar-refractivity contribution in [1.82, 2.24) is 0 Å². The Hall–Kier alpha value is 26.8. The molecule has 0 bridgehead atoms. The molecule has 0 rings (SSSR count). The fourth-order valence-electron chi connectivity index (χ4n) is 0. The van der Waals surface area contributed by atoms with Crippen molar-refractivity contribution in [1.29, 1.82) is 0 Å². The summed E-state index contributed by atoms with van der Waals surface area (Å²) in [6.45, 7) is 0. The van der Waals surface area contributed by atoms with Crippen molar-refractivity contribution in [2.75, 3.05) is 0 Å². The van der Waals surface area contributed by atoms with Gasteiger partial charge in [0, 0.05) is 0 Å². The Labute approximate surface area is 1230 Å². The average molecular weight is 3510 g/mol. The molecule has 110 heteroatoms.